The SMILES string of the molecule is C=CCN(C1CCCC1)S(=O)(=O)c1ccc(C)c(N)c1. The van der Waals surface area contributed by atoms with E-state index in [1.54, 1.807) is 28.6 Å². The molecule has 1 aromatic rings. The van der Waals surface area contributed by atoms with E-state index >= 15 is 0 Å². The molecule has 0 bridgehead atoms. The molecule has 0 spiro atoms. The zero-order valence-electron chi connectivity index (χ0n) is 11.9. The Labute approximate surface area is 121 Å². The molecule has 2 rings (SSSR count). The Morgan fingerprint density at radius 1 is 1.40 bits per heavy atom. The van der Waals surface area contributed by atoms with Gasteiger partial charge in [-0.05, 0) is 37.5 Å². The van der Waals surface area contributed by atoms with Crippen LogP contribution >= 0.6 is 0 Å². The Bertz CT molecular complexity index is 590. The fraction of sp³-hybridized carbons (Fsp3) is 0.467. The number of sulfonamides is 1. The molecule has 0 amide bonds. The first kappa shape index (κ1) is 15.1. The number of aryl methyl sites for hydroxylation is 1. The highest BCUT2D eigenvalue weighted by atomic mass is 32.2. The van der Waals surface area contributed by atoms with Crippen molar-refractivity contribution in [3.05, 3.63) is 36.4 Å². The lowest BCUT2D eigenvalue weighted by atomic mass is 10.2. The topological polar surface area (TPSA) is 63.4 Å². The predicted molar refractivity (Wildman–Crippen MR) is 81.9 cm³/mol. The lowest BCUT2D eigenvalue weighted by Crippen LogP contribution is -2.38. The number of benzene rings is 1. The van der Waals surface area contributed by atoms with Crippen LogP contribution in [-0.4, -0.2) is 25.3 Å². The first-order chi connectivity index (χ1) is 9.46. The van der Waals surface area contributed by atoms with E-state index in [2.05, 4.69) is 6.58 Å². The van der Waals surface area contributed by atoms with Gasteiger partial charge in [-0.2, -0.15) is 4.31 Å². The van der Waals surface area contributed by atoms with E-state index in [-0.39, 0.29) is 10.9 Å². The van der Waals surface area contributed by atoms with E-state index in [0.29, 0.717) is 12.2 Å². The molecule has 0 atom stereocenters. The van der Waals surface area contributed by atoms with Crippen LogP contribution in [0.5, 0.6) is 0 Å². The number of anilines is 1. The Hall–Kier alpha value is -1.33. The van der Waals surface area contributed by atoms with E-state index in [1.807, 2.05) is 6.92 Å². The molecule has 1 aliphatic rings. The fourth-order valence-electron chi connectivity index (χ4n) is 2.68. The van der Waals surface area contributed by atoms with Gasteiger partial charge in [0.05, 0.1) is 4.90 Å². The summed E-state index contributed by atoms with van der Waals surface area (Å²) in [4.78, 5) is 0.273. The minimum absolute atomic E-state index is 0.0838. The number of rotatable bonds is 5. The quantitative estimate of drug-likeness (QED) is 0.671. The summed E-state index contributed by atoms with van der Waals surface area (Å²) in [5.74, 6) is 0. The molecule has 110 valence electrons. The molecule has 0 unspecified atom stereocenters. The standard InChI is InChI=1S/C15H22N2O2S/c1-3-10-17(13-6-4-5-7-13)20(18,19)14-9-8-12(2)15(16)11-14/h3,8-9,11,13H,1,4-7,10,16H2,2H3. The Kier molecular flexibility index (Phi) is 4.50. The molecule has 1 saturated carbocycles. The van der Waals surface area contributed by atoms with E-state index in [0.717, 1.165) is 31.2 Å². The second-order valence-electron chi connectivity index (χ2n) is 5.32. The maximum atomic E-state index is 12.8. The molecule has 0 aliphatic heterocycles. The Morgan fingerprint density at radius 3 is 2.60 bits per heavy atom. The first-order valence-corrected chi connectivity index (χ1v) is 8.39. The van der Waals surface area contributed by atoms with Crippen molar-refractivity contribution >= 4 is 15.7 Å². The van der Waals surface area contributed by atoms with Crippen LogP contribution in [0.4, 0.5) is 5.69 Å². The minimum atomic E-state index is -3.50. The molecule has 0 saturated heterocycles. The summed E-state index contributed by atoms with van der Waals surface area (Å²) in [6.45, 7) is 5.89. The minimum Gasteiger partial charge on any atom is -0.398 e. The largest absolute Gasteiger partial charge is 0.398 e. The van der Waals surface area contributed by atoms with Crippen LogP contribution in [0.3, 0.4) is 0 Å². The summed E-state index contributed by atoms with van der Waals surface area (Å²) in [6.07, 6.45) is 5.67. The lowest BCUT2D eigenvalue weighted by Gasteiger charge is -2.27. The van der Waals surface area contributed by atoms with Gasteiger partial charge in [-0.1, -0.05) is 25.0 Å². The fourth-order valence-corrected chi connectivity index (χ4v) is 4.37. The summed E-state index contributed by atoms with van der Waals surface area (Å²) >= 11 is 0. The second kappa shape index (κ2) is 5.97. The van der Waals surface area contributed by atoms with Crippen LogP contribution in [0, 0.1) is 6.92 Å². The number of hydrogen-bond acceptors (Lipinski definition) is 3. The highest BCUT2D eigenvalue weighted by Crippen LogP contribution is 2.29. The number of nitrogen functional groups attached to an aromatic ring is 1. The second-order valence-corrected chi connectivity index (χ2v) is 7.21. The molecule has 0 heterocycles. The molecule has 1 fully saturated rings. The molecule has 0 radical (unpaired) electrons. The molecule has 1 aromatic carbocycles. The number of nitrogens with two attached hydrogens (primary N) is 1. The van der Waals surface area contributed by atoms with Gasteiger partial charge in [0, 0.05) is 18.3 Å². The van der Waals surface area contributed by atoms with Crippen LogP contribution in [0.15, 0.2) is 35.7 Å². The molecule has 20 heavy (non-hydrogen) atoms. The van der Waals surface area contributed by atoms with Crippen LogP contribution in [0.2, 0.25) is 0 Å². The molecule has 5 heteroatoms. The van der Waals surface area contributed by atoms with Crippen molar-refractivity contribution < 1.29 is 8.42 Å². The Morgan fingerprint density at radius 2 is 2.05 bits per heavy atom. The summed E-state index contributed by atoms with van der Waals surface area (Å²) in [5, 5.41) is 0. The van der Waals surface area contributed by atoms with E-state index in [9.17, 15) is 8.42 Å². The third-order valence-corrected chi connectivity index (χ3v) is 5.81. The van der Waals surface area contributed by atoms with Crippen molar-refractivity contribution in [1.82, 2.24) is 4.31 Å². The van der Waals surface area contributed by atoms with Gasteiger partial charge in [0.15, 0.2) is 0 Å². The normalized spacial score (nSPS) is 16.7. The summed E-state index contributed by atoms with van der Waals surface area (Å²) < 4.78 is 27.2. The highest BCUT2D eigenvalue weighted by molar-refractivity contribution is 7.89. The molecule has 0 aromatic heterocycles. The van der Waals surface area contributed by atoms with Gasteiger partial charge in [0.1, 0.15) is 0 Å². The van der Waals surface area contributed by atoms with Crippen molar-refractivity contribution in [3.8, 4) is 0 Å². The van der Waals surface area contributed by atoms with Crippen molar-refractivity contribution in [2.45, 2.75) is 43.5 Å². The molecular formula is C15H22N2O2S. The predicted octanol–water partition coefficient (Wildman–Crippen LogP) is 2.70. The van der Waals surface area contributed by atoms with Gasteiger partial charge in [0.25, 0.3) is 0 Å². The third-order valence-electron chi connectivity index (χ3n) is 3.90. The van der Waals surface area contributed by atoms with Gasteiger partial charge in [-0.25, -0.2) is 8.42 Å². The van der Waals surface area contributed by atoms with Gasteiger partial charge in [-0.15, -0.1) is 6.58 Å². The number of nitrogens with zero attached hydrogens (tertiary/aromatic N) is 1. The molecule has 4 nitrogen and oxygen atoms in total. The summed E-state index contributed by atoms with van der Waals surface area (Å²) in [7, 11) is -3.50. The maximum Gasteiger partial charge on any atom is 0.243 e. The van der Waals surface area contributed by atoms with E-state index in [4.69, 9.17) is 5.73 Å². The zero-order valence-corrected chi connectivity index (χ0v) is 12.7. The molecule has 2 N–H and O–H groups in total. The average Bonchev–Trinajstić information content (AvgIpc) is 2.92. The molecule has 1 aliphatic carbocycles. The van der Waals surface area contributed by atoms with Gasteiger partial charge in [-0.3, -0.25) is 0 Å². The van der Waals surface area contributed by atoms with Crippen LogP contribution < -0.4 is 5.73 Å². The van der Waals surface area contributed by atoms with Crippen LogP contribution in [0.1, 0.15) is 31.2 Å². The van der Waals surface area contributed by atoms with Gasteiger partial charge in [0.2, 0.25) is 10.0 Å². The first-order valence-electron chi connectivity index (χ1n) is 6.95. The summed E-state index contributed by atoms with van der Waals surface area (Å²) in [5.41, 5.74) is 7.24. The van der Waals surface area contributed by atoms with Gasteiger partial charge < -0.3 is 5.73 Å². The Balaban J connectivity index is 2.38. The van der Waals surface area contributed by atoms with Crippen molar-refractivity contribution in [2.24, 2.45) is 0 Å². The lowest BCUT2D eigenvalue weighted by molar-refractivity contribution is 0.347. The monoisotopic (exact) mass is 294 g/mol. The zero-order chi connectivity index (χ0) is 14.8. The number of hydrogen-bond donors (Lipinski definition) is 1. The maximum absolute atomic E-state index is 12.8. The third kappa shape index (κ3) is 2.88. The van der Waals surface area contributed by atoms with Crippen molar-refractivity contribution in [3.63, 3.8) is 0 Å². The highest BCUT2D eigenvalue weighted by Gasteiger charge is 2.32. The van der Waals surface area contributed by atoms with E-state index < -0.39 is 10.0 Å². The van der Waals surface area contributed by atoms with Crippen LogP contribution in [-0.2, 0) is 10.0 Å². The van der Waals surface area contributed by atoms with Crippen molar-refractivity contribution in [2.75, 3.05) is 12.3 Å². The van der Waals surface area contributed by atoms with Crippen LogP contribution in [0.25, 0.3) is 0 Å². The van der Waals surface area contributed by atoms with E-state index in [1.165, 1.54) is 0 Å². The smallest absolute Gasteiger partial charge is 0.243 e. The van der Waals surface area contributed by atoms with Gasteiger partial charge >= 0.3 is 0 Å². The summed E-state index contributed by atoms with van der Waals surface area (Å²) in [6, 6.07) is 5.02. The molecular weight excluding hydrogens is 272 g/mol. The average molecular weight is 294 g/mol. The van der Waals surface area contributed by atoms with Crippen molar-refractivity contribution in [1.29, 1.82) is 0 Å².